The molecule has 2 aromatic rings. The Bertz CT molecular complexity index is 940. The average Bonchev–Trinajstić information content (AvgIpc) is 2.96. The lowest BCUT2D eigenvalue weighted by atomic mass is 10.1. The van der Waals surface area contributed by atoms with Crippen molar-refractivity contribution in [1.29, 1.82) is 0 Å². The molecular weight excluding hydrogens is 350 g/mol. The molecular formula is C17H10F2N2O5. The molecule has 0 radical (unpaired) electrons. The third-order valence-electron chi connectivity index (χ3n) is 3.35. The van der Waals surface area contributed by atoms with Crippen molar-refractivity contribution in [3.8, 4) is 5.75 Å². The number of aliphatic imine (C=N–C) groups is 1. The van der Waals surface area contributed by atoms with Gasteiger partial charge in [-0.05, 0) is 30.3 Å². The van der Waals surface area contributed by atoms with Crippen LogP contribution in [0.3, 0.4) is 0 Å². The van der Waals surface area contributed by atoms with Crippen LogP contribution in [0.5, 0.6) is 5.75 Å². The molecule has 0 unspecified atom stereocenters. The Morgan fingerprint density at radius 1 is 1.19 bits per heavy atom. The quantitative estimate of drug-likeness (QED) is 0.352. The van der Waals surface area contributed by atoms with Crippen molar-refractivity contribution >= 4 is 23.6 Å². The number of nitrogens with zero attached hydrogens (tertiary/aromatic N) is 2. The Morgan fingerprint density at radius 2 is 1.96 bits per heavy atom. The minimum atomic E-state index is -2.99. The van der Waals surface area contributed by atoms with Crippen LogP contribution in [0.25, 0.3) is 6.08 Å². The van der Waals surface area contributed by atoms with Crippen LogP contribution in [-0.4, -0.2) is 23.4 Å². The lowest BCUT2D eigenvalue weighted by Gasteiger charge is -2.05. The van der Waals surface area contributed by atoms with E-state index in [1.165, 1.54) is 48.5 Å². The Labute approximate surface area is 145 Å². The van der Waals surface area contributed by atoms with Gasteiger partial charge in [0, 0.05) is 11.6 Å². The van der Waals surface area contributed by atoms with Gasteiger partial charge in [-0.15, -0.1) is 0 Å². The third-order valence-corrected chi connectivity index (χ3v) is 3.35. The molecule has 0 bridgehead atoms. The van der Waals surface area contributed by atoms with E-state index in [9.17, 15) is 23.7 Å². The molecule has 0 fully saturated rings. The van der Waals surface area contributed by atoms with Crippen molar-refractivity contribution in [3.05, 3.63) is 75.5 Å². The Kier molecular flexibility index (Phi) is 4.70. The Morgan fingerprint density at radius 3 is 2.69 bits per heavy atom. The Hall–Kier alpha value is -3.62. The van der Waals surface area contributed by atoms with E-state index in [0.717, 1.165) is 0 Å². The molecule has 9 heteroatoms. The minimum Gasteiger partial charge on any atom is -0.435 e. The lowest BCUT2D eigenvalue weighted by molar-refractivity contribution is -0.385. The largest absolute Gasteiger partial charge is 0.435 e. The summed E-state index contributed by atoms with van der Waals surface area (Å²) in [5.41, 5.74) is 0.102. The number of cyclic esters (lactones) is 1. The molecule has 1 aliphatic heterocycles. The second-order valence-corrected chi connectivity index (χ2v) is 5.06. The number of para-hydroxylation sites is 1. The van der Waals surface area contributed by atoms with Crippen molar-refractivity contribution in [3.63, 3.8) is 0 Å². The maximum atomic E-state index is 12.3. The van der Waals surface area contributed by atoms with E-state index in [1.54, 1.807) is 6.07 Å². The van der Waals surface area contributed by atoms with Crippen LogP contribution in [0, 0.1) is 10.1 Å². The van der Waals surface area contributed by atoms with Crippen molar-refractivity contribution in [1.82, 2.24) is 0 Å². The topological polar surface area (TPSA) is 91.0 Å². The first-order valence-corrected chi connectivity index (χ1v) is 7.25. The number of esters is 1. The number of benzene rings is 2. The lowest BCUT2D eigenvalue weighted by Crippen LogP contribution is -2.07. The number of alkyl halides is 2. The van der Waals surface area contributed by atoms with Crippen LogP contribution in [0.2, 0.25) is 0 Å². The van der Waals surface area contributed by atoms with Crippen molar-refractivity contribution in [2.45, 2.75) is 6.61 Å². The monoisotopic (exact) mass is 360 g/mol. The standard InChI is InChI=1S/C17H10F2N2O5/c18-17(19)25-12-6-3-5-11(8-12)15-20-13(16(22)26-15)9-10-4-1-2-7-14(10)21(23)24/h1-9,17H/b13-9-. The van der Waals surface area contributed by atoms with Gasteiger partial charge in [0.25, 0.3) is 5.69 Å². The van der Waals surface area contributed by atoms with E-state index in [0.29, 0.717) is 0 Å². The number of ether oxygens (including phenoxy) is 2. The summed E-state index contributed by atoms with van der Waals surface area (Å²) in [7, 11) is 0. The molecule has 1 heterocycles. The molecule has 26 heavy (non-hydrogen) atoms. The van der Waals surface area contributed by atoms with Gasteiger partial charge >= 0.3 is 12.6 Å². The first-order chi connectivity index (χ1) is 12.4. The summed E-state index contributed by atoms with van der Waals surface area (Å²) < 4.78 is 33.9. The van der Waals surface area contributed by atoms with Crippen molar-refractivity contribution in [2.24, 2.45) is 4.99 Å². The van der Waals surface area contributed by atoms with Crippen LogP contribution in [0.15, 0.2) is 59.2 Å². The highest BCUT2D eigenvalue weighted by Gasteiger charge is 2.25. The maximum Gasteiger partial charge on any atom is 0.387 e. The minimum absolute atomic E-state index is 0.112. The number of nitro groups is 1. The molecule has 0 saturated heterocycles. The summed E-state index contributed by atoms with van der Waals surface area (Å²) in [6.45, 7) is -2.99. The summed E-state index contributed by atoms with van der Waals surface area (Å²) in [6, 6.07) is 11.3. The van der Waals surface area contributed by atoms with Gasteiger partial charge in [0.1, 0.15) is 5.75 Å². The number of rotatable bonds is 5. The van der Waals surface area contributed by atoms with E-state index in [-0.39, 0.29) is 34.2 Å². The van der Waals surface area contributed by atoms with Crippen LogP contribution in [0.1, 0.15) is 11.1 Å². The van der Waals surface area contributed by atoms with Crippen LogP contribution in [0.4, 0.5) is 14.5 Å². The number of hydrogen-bond donors (Lipinski definition) is 0. The summed E-state index contributed by atoms with van der Waals surface area (Å²) in [6.07, 6.45) is 1.23. The van der Waals surface area contributed by atoms with Gasteiger partial charge in [-0.25, -0.2) is 9.79 Å². The van der Waals surface area contributed by atoms with Crippen molar-refractivity contribution < 1.29 is 28.0 Å². The summed E-state index contributed by atoms with van der Waals surface area (Å²) in [5.74, 6) is -1.04. The summed E-state index contributed by atoms with van der Waals surface area (Å²) >= 11 is 0. The normalized spacial score (nSPS) is 15.1. The zero-order valence-corrected chi connectivity index (χ0v) is 13.0. The molecule has 7 nitrogen and oxygen atoms in total. The zero-order valence-electron chi connectivity index (χ0n) is 13.0. The van der Waals surface area contributed by atoms with Gasteiger partial charge in [-0.1, -0.05) is 18.2 Å². The van der Waals surface area contributed by atoms with Gasteiger partial charge in [0.05, 0.1) is 10.5 Å². The van der Waals surface area contributed by atoms with E-state index >= 15 is 0 Å². The van der Waals surface area contributed by atoms with Gasteiger partial charge < -0.3 is 9.47 Å². The second-order valence-electron chi connectivity index (χ2n) is 5.06. The highest BCUT2D eigenvalue weighted by molar-refractivity contribution is 6.13. The Balaban J connectivity index is 1.94. The first-order valence-electron chi connectivity index (χ1n) is 7.25. The van der Waals surface area contributed by atoms with E-state index < -0.39 is 17.5 Å². The van der Waals surface area contributed by atoms with E-state index in [2.05, 4.69) is 9.73 Å². The molecule has 132 valence electrons. The highest BCUT2D eigenvalue weighted by atomic mass is 19.3. The first kappa shape index (κ1) is 17.2. The van der Waals surface area contributed by atoms with Gasteiger partial charge in [0.15, 0.2) is 5.70 Å². The third kappa shape index (κ3) is 3.72. The fourth-order valence-electron chi connectivity index (χ4n) is 2.26. The number of carbonyl (C=O) groups excluding carboxylic acids is 1. The maximum absolute atomic E-state index is 12.3. The average molecular weight is 360 g/mol. The van der Waals surface area contributed by atoms with E-state index in [4.69, 9.17) is 4.74 Å². The summed E-state index contributed by atoms with van der Waals surface area (Å²) in [5, 5.41) is 11.0. The molecule has 0 aliphatic carbocycles. The molecule has 0 spiro atoms. The molecule has 0 N–H and O–H groups in total. The van der Waals surface area contributed by atoms with Crippen molar-refractivity contribution in [2.75, 3.05) is 0 Å². The predicted molar refractivity (Wildman–Crippen MR) is 86.8 cm³/mol. The number of hydrogen-bond acceptors (Lipinski definition) is 6. The number of halogens is 2. The van der Waals surface area contributed by atoms with Crippen LogP contribution in [-0.2, 0) is 9.53 Å². The van der Waals surface area contributed by atoms with Crippen LogP contribution >= 0.6 is 0 Å². The van der Waals surface area contributed by atoms with Gasteiger partial charge in [-0.2, -0.15) is 8.78 Å². The second kappa shape index (κ2) is 7.09. The van der Waals surface area contributed by atoms with E-state index in [1.807, 2.05) is 0 Å². The fourth-order valence-corrected chi connectivity index (χ4v) is 2.26. The smallest absolute Gasteiger partial charge is 0.387 e. The van der Waals surface area contributed by atoms with Crippen LogP contribution < -0.4 is 4.74 Å². The molecule has 0 aromatic heterocycles. The predicted octanol–water partition coefficient (Wildman–Crippen LogP) is 3.54. The van der Waals surface area contributed by atoms with Gasteiger partial charge in [0.2, 0.25) is 5.90 Å². The fraction of sp³-hybridized carbons (Fsp3) is 0.0588. The molecule has 0 atom stereocenters. The zero-order chi connectivity index (χ0) is 18.7. The highest BCUT2D eigenvalue weighted by Crippen LogP contribution is 2.25. The summed E-state index contributed by atoms with van der Waals surface area (Å²) in [4.78, 5) is 26.4. The van der Waals surface area contributed by atoms with Gasteiger partial charge in [-0.3, -0.25) is 10.1 Å². The molecule has 0 amide bonds. The molecule has 1 aliphatic rings. The number of nitro benzene ring substituents is 1. The molecule has 0 saturated carbocycles. The molecule has 3 rings (SSSR count). The SMILES string of the molecule is O=C1OC(c2cccc(OC(F)F)c2)=N/C1=C\c1ccccc1[N+](=O)[O-]. The molecule has 2 aromatic carbocycles. The number of carbonyl (C=O) groups is 1.